The molecule has 0 aliphatic carbocycles. The second kappa shape index (κ2) is 8.14. The van der Waals surface area contributed by atoms with E-state index in [1.807, 2.05) is 54.9 Å². The normalized spacial score (nSPS) is 26.0. The molecular weight excluding hydrogens is 396 g/mol. The largest absolute Gasteiger partial charge is 0.480 e. The Morgan fingerprint density at radius 3 is 2.64 bits per heavy atom. The number of amides is 1. The number of carboxylic acids is 1. The van der Waals surface area contributed by atoms with Crippen molar-refractivity contribution in [1.29, 1.82) is 0 Å². The minimum Gasteiger partial charge on any atom is -0.480 e. The molecule has 0 saturated carbocycles. The van der Waals surface area contributed by atoms with Crippen molar-refractivity contribution in [3.63, 3.8) is 0 Å². The second-order valence-corrected chi connectivity index (χ2v) is 9.56. The van der Waals surface area contributed by atoms with Crippen LogP contribution in [0.4, 0.5) is 0 Å². The number of aliphatic hydroxyl groups excluding tert-OH is 1. The fourth-order valence-corrected chi connectivity index (χ4v) is 7.12. The van der Waals surface area contributed by atoms with E-state index < -0.39 is 12.0 Å². The summed E-state index contributed by atoms with van der Waals surface area (Å²) in [6.07, 6.45) is 4.38. The standard InChI is InChI=1S/C20H20N2O4S2/c23-11-8-14-17(24)22-16(19(25)26)20(28-18(14)22)27-15-7-3-2-6-13(15)12-21-9-4-1-5-10-21/h1-7,9-10,14,16,18,20,23H,8,11-12H2/p+1/t14-,16?,18?,20?/m0/s1. The van der Waals surface area contributed by atoms with Gasteiger partial charge in [-0.05, 0) is 12.5 Å². The van der Waals surface area contributed by atoms with Crippen LogP contribution in [0.5, 0.6) is 0 Å². The highest BCUT2D eigenvalue weighted by atomic mass is 32.2. The van der Waals surface area contributed by atoms with Crippen molar-refractivity contribution in [3.8, 4) is 0 Å². The number of aromatic nitrogens is 1. The van der Waals surface area contributed by atoms with E-state index in [9.17, 15) is 19.8 Å². The summed E-state index contributed by atoms with van der Waals surface area (Å²) in [7, 11) is 0. The highest BCUT2D eigenvalue weighted by Crippen LogP contribution is 2.53. The van der Waals surface area contributed by atoms with Crippen molar-refractivity contribution in [3.05, 3.63) is 60.4 Å². The predicted molar refractivity (Wildman–Crippen MR) is 107 cm³/mol. The monoisotopic (exact) mass is 417 g/mol. The van der Waals surface area contributed by atoms with Gasteiger partial charge in [-0.15, -0.1) is 23.5 Å². The van der Waals surface area contributed by atoms with E-state index in [0.717, 1.165) is 10.5 Å². The lowest BCUT2D eigenvalue weighted by atomic mass is 9.93. The van der Waals surface area contributed by atoms with E-state index in [0.29, 0.717) is 13.0 Å². The average molecular weight is 418 g/mol. The van der Waals surface area contributed by atoms with Crippen LogP contribution in [0.3, 0.4) is 0 Å². The van der Waals surface area contributed by atoms with Gasteiger partial charge in [0.2, 0.25) is 5.91 Å². The number of benzene rings is 1. The molecule has 3 heterocycles. The molecule has 2 fully saturated rings. The lowest BCUT2D eigenvalue weighted by Crippen LogP contribution is -2.61. The van der Waals surface area contributed by atoms with Crippen LogP contribution >= 0.6 is 23.5 Å². The zero-order chi connectivity index (χ0) is 19.7. The Kier molecular flexibility index (Phi) is 5.61. The zero-order valence-electron chi connectivity index (χ0n) is 15.0. The zero-order valence-corrected chi connectivity index (χ0v) is 16.7. The molecule has 2 N–H and O–H groups in total. The Morgan fingerprint density at radius 2 is 1.93 bits per heavy atom. The van der Waals surface area contributed by atoms with Gasteiger partial charge in [0.15, 0.2) is 25.0 Å². The Balaban J connectivity index is 1.55. The third-order valence-corrected chi connectivity index (χ3v) is 8.19. The maximum absolute atomic E-state index is 12.4. The molecule has 0 radical (unpaired) electrons. The van der Waals surface area contributed by atoms with Crippen molar-refractivity contribution < 1.29 is 24.4 Å². The van der Waals surface area contributed by atoms with E-state index >= 15 is 0 Å². The number of aliphatic hydroxyl groups is 1. The number of carboxylic acid groups (broad SMARTS) is 1. The van der Waals surface area contributed by atoms with Gasteiger partial charge in [-0.25, -0.2) is 9.36 Å². The highest BCUT2D eigenvalue weighted by Gasteiger charge is 2.60. The second-order valence-electron chi connectivity index (χ2n) is 6.82. The first-order valence-corrected chi connectivity index (χ1v) is 10.9. The van der Waals surface area contributed by atoms with Gasteiger partial charge >= 0.3 is 5.97 Å². The molecule has 2 saturated heterocycles. The first-order valence-electron chi connectivity index (χ1n) is 9.10. The number of β-lactam (4-membered cyclic amide) rings is 1. The maximum Gasteiger partial charge on any atom is 0.328 e. The summed E-state index contributed by atoms with van der Waals surface area (Å²) < 4.78 is 1.79. The summed E-state index contributed by atoms with van der Waals surface area (Å²) in [5.74, 6) is -1.41. The van der Waals surface area contributed by atoms with Gasteiger partial charge in [0.1, 0.15) is 0 Å². The quantitative estimate of drug-likeness (QED) is 0.528. The summed E-state index contributed by atoms with van der Waals surface area (Å²) in [5.41, 5.74) is 1.11. The number of rotatable bonds is 7. The molecular formula is C20H21N2O4S2+. The van der Waals surface area contributed by atoms with Crippen molar-refractivity contribution in [2.75, 3.05) is 6.61 Å². The number of thioether (sulfide) groups is 2. The molecule has 1 amide bonds. The Morgan fingerprint density at radius 1 is 1.18 bits per heavy atom. The third-order valence-electron chi connectivity index (χ3n) is 5.06. The van der Waals surface area contributed by atoms with E-state index in [4.69, 9.17) is 0 Å². The molecule has 3 unspecified atom stereocenters. The van der Waals surface area contributed by atoms with Gasteiger partial charge in [-0.3, -0.25) is 4.79 Å². The Labute approximate surface area is 171 Å². The van der Waals surface area contributed by atoms with Crippen LogP contribution in [0.15, 0.2) is 59.8 Å². The number of hydrogen-bond acceptors (Lipinski definition) is 5. The fourth-order valence-electron chi connectivity index (χ4n) is 3.69. The average Bonchev–Trinajstić information content (AvgIpc) is 3.03. The summed E-state index contributed by atoms with van der Waals surface area (Å²) in [6, 6.07) is 13.0. The third kappa shape index (κ3) is 3.52. The first-order chi connectivity index (χ1) is 13.6. The molecule has 2 aliphatic heterocycles. The van der Waals surface area contributed by atoms with Gasteiger partial charge in [-0.1, -0.05) is 24.3 Å². The van der Waals surface area contributed by atoms with Gasteiger partial charge in [0, 0.05) is 29.2 Å². The Bertz CT molecular complexity index is 880. The lowest BCUT2D eigenvalue weighted by molar-refractivity contribution is -0.688. The van der Waals surface area contributed by atoms with E-state index in [2.05, 4.69) is 4.57 Å². The van der Waals surface area contributed by atoms with E-state index in [1.54, 1.807) is 0 Å². The minimum atomic E-state index is -0.974. The molecule has 0 spiro atoms. The van der Waals surface area contributed by atoms with Crippen LogP contribution in [0.2, 0.25) is 0 Å². The van der Waals surface area contributed by atoms with Crippen molar-refractivity contribution >= 4 is 35.4 Å². The van der Waals surface area contributed by atoms with Crippen LogP contribution in [0.1, 0.15) is 12.0 Å². The highest BCUT2D eigenvalue weighted by molar-refractivity contribution is 8.17. The molecule has 4 atom stereocenters. The smallest absolute Gasteiger partial charge is 0.328 e. The molecule has 146 valence electrons. The van der Waals surface area contributed by atoms with Crippen LogP contribution in [0.25, 0.3) is 0 Å². The molecule has 1 aromatic heterocycles. The number of pyridine rings is 1. The van der Waals surface area contributed by atoms with Gasteiger partial charge in [0.25, 0.3) is 0 Å². The van der Waals surface area contributed by atoms with Crippen molar-refractivity contribution in [1.82, 2.24) is 4.90 Å². The van der Waals surface area contributed by atoms with Gasteiger partial charge in [0.05, 0.1) is 15.9 Å². The van der Waals surface area contributed by atoms with Crippen molar-refractivity contribution in [2.24, 2.45) is 5.92 Å². The van der Waals surface area contributed by atoms with E-state index in [-0.39, 0.29) is 28.4 Å². The van der Waals surface area contributed by atoms with Gasteiger partial charge in [-0.2, -0.15) is 0 Å². The molecule has 4 rings (SSSR count). The summed E-state index contributed by atoms with van der Waals surface area (Å²) in [6.45, 7) is 0.631. The number of carbonyl (C=O) groups excluding carboxylic acids is 1. The number of fused-ring (bicyclic) bond motifs is 1. The minimum absolute atomic E-state index is 0.0615. The van der Waals surface area contributed by atoms with Crippen LogP contribution in [-0.4, -0.2) is 49.6 Å². The molecule has 6 nitrogen and oxygen atoms in total. The fraction of sp³-hybridized carbons (Fsp3) is 0.350. The summed E-state index contributed by atoms with van der Waals surface area (Å²) in [5, 5.41) is 18.8. The lowest BCUT2D eigenvalue weighted by Gasteiger charge is -2.43. The molecule has 2 aliphatic rings. The molecule has 0 bridgehead atoms. The first kappa shape index (κ1) is 19.3. The number of aliphatic carboxylic acids is 1. The molecule has 2 aromatic rings. The Hall–Kier alpha value is -2.03. The topological polar surface area (TPSA) is 81.7 Å². The molecule has 8 heteroatoms. The number of nitrogens with zero attached hydrogens (tertiary/aromatic N) is 2. The maximum atomic E-state index is 12.4. The number of carbonyl (C=O) groups is 2. The summed E-state index contributed by atoms with van der Waals surface area (Å²) >= 11 is 3.04. The SMILES string of the molecule is O=C(O)C1C(Sc2ccccc2C[n+]2ccccc2)SC2[C@@H](CCO)C(=O)N12. The van der Waals surface area contributed by atoms with Crippen LogP contribution in [-0.2, 0) is 16.1 Å². The van der Waals surface area contributed by atoms with Gasteiger partial charge < -0.3 is 15.1 Å². The van der Waals surface area contributed by atoms with Crippen LogP contribution in [0, 0.1) is 5.92 Å². The van der Waals surface area contributed by atoms with Crippen molar-refractivity contribution in [2.45, 2.75) is 33.9 Å². The number of hydrogen-bond donors (Lipinski definition) is 2. The van der Waals surface area contributed by atoms with Crippen LogP contribution < -0.4 is 4.57 Å². The van der Waals surface area contributed by atoms with E-state index in [1.165, 1.54) is 28.4 Å². The molecule has 28 heavy (non-hydrogen) atoms. The molecule has 1 aromatic carbocycles. The predicted octanol–water partition coefficient (Wildman–Crippen LogP) is 1.81. The summed E-state index contributed by atoms with van der Waals surface area (Å²) in [4.78, 5) is 26.8.